The summed E-state index contributed by atoms with van der Waals surface area (Å²) in [7, 11) is 0. The van der Waals surface area contributed by atoms with Crippen LogP contribution in [0.2, 0.25) is 0 Å². The van der Waals surface area contributed by atoms with E-state index in [1.54, 1.807) is 23.3 Å². The molecule has 21 heavy (non-hydrogen) atoms. The second-order valence-corrected chi connectivity index (χ2v) is 4.48. The van der Waals surface area contributed by atoms with Crippen molar-refractivity contribution in [3.63, 3.8) is 0 Å². The molecule has 0 aliphatic heterocycles. The van der Waals surface area contributed by atoms with Gasteiger partial charge in [0.2, 0.25) is 0 Å². The first-order valence-electron chi connectivity index (χ1n) is 6.72. The first-order chi connectivity index (χ1) is 10.3. The van der Waals surface area contributed by atoms with Crippen molar-refractivity contribution in [1.82, 2.24) is 19.5 Å². The third-order valence-electron chi connectivity index (χ3n) is 3.23. The number of nitrogens with two attached hydrogens (primary N) is 1. The molecule has 2 aromatic heterocycles. The van der Waals surface area contributed by atoms with Gasteiger partial charge in [-0.05, 0) is 19.1 Å². The molecule has 1 aromatic carbocycles. The van der Waals surface area contributed by atoms with Crippen molar-refractivity contribution in [2.45, 2.75) is 6.92 Å². The summed E-state index contributed by atoms with van der Waals surface area (Å²) in [6, 6.07) is 10.0. The highest BCUT2D eigenvalue weighted by Gasteiger charge is 2.16. The molecule has 3 rings (SSSR count). The van der Waals surface area contributed by atoms with Crippen LogP contribution in [0.4, 0.5) is 17.2 Å². The average Bonchev–Trinajstić information content (AvgIpc) is 3.05. The quantitative estimate of drug-likeness (QED) is 0.794. The first-order valence-corrected chi connectivity index (χ1v) is 6.72. The Kier molecular flexibility index (Phi) is 3.51. The molecule has 0 fully saturated rings. The molecule has 106 valence electrons. The maximum atomic E-state index is 6.27. The Labute approximate surface area is 122 Å². The van der Waals surface area contributed by atoms with Crippen LogP contribution in [0, 0.1) is 0 Å². The van der Waals surface area contributed by atoms with Crippen LogP contribution in [0.15, 0.2) is 55.4 Å². The maximum Gasteiger partial charge on any atom is 0.166 e. The summed E-state index contributed by atoms with van der Waals surface area (Å²) in [5, 5.41) is 0. The van der Waals surface area contributed by atoms with E-state index in [-0.39, 0.29) is 0 Å². The predicted molar refractivity (Wildman–Crippen MR) is 82.7 cm³/mol. The molecule has 0 spiro atoms. The van der Waals surface area contributed by atoms with Crippen LogP contribution in [0.5, 0.6) is 0 Å². The zero-order valence-electron chi connectivity index (χ0n) is 11.7. The molecule has 0 unspecified atom stereocenters. The highest BCUT2D eigenvalue weighted by atomic mass is 15.2. The number of aromatic nitrogens is 4. The monoisotopic (exact) mass is 280 g/mol. The van der Waals surface area contributed by atoms with Gasteiger partial charge in [-0.3, -0.25) is 4.57 Å². The smallest absolute Gasteiger partial charge is 0.166 e. The van der Waals surface area contributed by atoms with Gasteiger partial charge in [-0.25, -0.2) is 15.0 Å². The van der Waals surface area contributed by atoms with Gasteiger partial charge >= 0.3 is 0 Å². The molecule has 2 N–H and O–H groups in total. The molecular formula is C15H16N6. The van der Waals surface area contributed by atoms with E-state index in [1.165, 1.54) is 6.33 Å². The average molecular weight is 280 g/mol. The second kappa shape index (κ2) is 5.62. The lowest BCUT2D eigenvalue weighted by molar-refractivity contribution is 0.940. The van der Waals surface area contributed by atoms with Crippen LogP contribution in [0.25, 0.3) is 5.82 Å². The van der Waals surface area contributed by atoms with Crippen LogP contribution >= 0.6 is 0 Å². The molecule has 0 bridgehead atoms. The van der Waals surface area contributed by atoms with E-state index in [1.807, 2.05) is 30.3 Å². The van der Waals surface area contributed by atoms with Gasteiger partial charge in [0.25, 0.3) is 0 Å². The van der Waals surface area contributed by atoms with Gasteiger partial charge in [0.1, 0.15) is 18.3 Å². The normalized spacial score (nSPS) is 10.5. The minimum Gasteiger partial charge on any atom is -0.393 e. The van der Waals surface area contributed by atoms with Crippen molar-refractivity contribution >= 4 is 17.2 Å². The van der Waals surface area contributed by atoms with Crippen molar-refractivity contribution in [3.05, 3.63) is 55.4 Å². The van der Waals surface area contributed by atoms with Crippen LogP contribution in [-0.4, -0.2) is 26.1 Å². The van der Waals surface area contributed by atoms with Crippen molar-refractivity contribution in [3.8, 4) is 5.82 Å². The van der Waals surface area contributed by atoms with Gasteiger partial charge in [0.05, 0.1) is 0 Å². The summed E-state index contributed by atoms with van der Waals surface area (Å²) >= 11 is 0. The molecule has 6 nitrogen and oxygen atoms in total. The molecule has 0 saturated carbocycles. The predicted octanol–water partition coefficient (Wildman–Crippen LogP) is 2.40. The van der Waals surface area contributed by atoms with E-state index in [4.69, 9.17) is 5.73 Å². The zero-order chi connectivity index (χ0) is 14.7. The highest BCUT2D eigenvalue weighted by Crippen LogP contribution is 2.30. The fourth-order valence-corrected chi connectivity index (χ4v) is 2.25. The van der Waals surface area contributed by atoms with E-state index in [0.29, 0.717) is 17.3 Å². The molecular weight excluding hydrogens is 264 g/mol. The Morgan fingerprint density at radius 1 is 1.19 bits per heavy atom. The zero-order valence-corrected chi connectivity index (χ0v) is 11.7. The summed E-state index contributed by atoms with van der Waals surface area (Å²) in [4.78, 5) is 14.7. The van der Waals surface area contributed by atoms with Crippen molar-refractivity contribution < 1.29 is 0 Å². The number of para-hydroxylation sites is 1. The van der Waals surface area contributed by atoms with Gasteiger partial charge < -0.3 is 10.6 Å². The van der Waals surface area contributed by atoms with E-state index in [2.05, 4.69) is 26.8 Å². The molecule has 0 aliphatic rings. The maximum absolute atomic E-state index is 6.27. The van der Waals surface area contributed by atoms with Crippen molar-refractivity contribution in [1.29, 1.82) is 0 Å². The molecule has 6 heteroatoms. The minimum absolute atomic E-state index is 0.529. The lowest BCUT2D eigenvalue weighted by atomic mass is 10.2. The van der Waals surface area contributed by atoms with Crippen molar-refractivity contribution in [2.24, 2.45) is 0 Å². The third kappa shape index (κ3) is 2.43. The lowest BCUT2D eigenvalue weighted by Gasteiger charge is -2.24. The van der Waals surface area contributed by atoms with Gasteiger partial charge in [0.15, 0.2) is 11.6 Å². The van der Waals surface area contributed by atoms with Crippen LogP contribution in [-0.2, 0) is 0 Å². The lowest BCUT2D eigenvalue weighted by Crippen LogP contribution is -2.20. The highest BCUT2D eigenvalue weighted by molar-refractivity contribution is 5.75. The van der Waals surface area contributed by atoms with Crippen LogP contribution in [0.3, 0.4) is 0 Å². The summed E-state index contributed by atoms with van der Waals surface area (Å²) in [6.07, 6.45) is 6.69. The van der Waals surface area contributed by atoms with E-state index < -0.39 is 0 Å². The van der Waals surface area contributed by atoms with E-state index in [9.17, 15) is 0 Å². The summed E-state index contributed by atoms with van der Waals surface area (Å²) in [5.74, 6) is 1.33. The molecule has 0 amide bonds. The summed E-state index contributed by atoms with van der Waals surface area (Å²) in [5.41, 5.74) is 7.85. The fraction of sp³-hybridized carbons (Fsp3) is 0.133. The molecule has 0 radical (unpaired) electrons. The first kappa shape index (κ1) is 13.1. The van der Waals surface area contributed by atoms with E-state index in [0.717, 1.165) is 12.2 Å². The number of hydrogen-bond acceptors (Lipinski definition) is 5. The molecule has 2 heterocycles. The molecule has 3 aromatic rings. The van der Waals surface area contributed by atoms with Crippen LogP contribution < -0.4 is 10.6 Å². The third-order valence-corrected chi connectivity index (χ3v) is 3.23. The Morgan fingerprint density at radius 2 is 2.00 bits per heavy atom. The van der Waals surface area contributed by atoms with Crippen molar-refractivity contribution in [2.75, 3.05) is 17.2 Å². The van der Waals surface area contributed by atoms with Gasteiger partial charge in [-0.15, -0.1) is 0 Å². The number of nitrogen functional groups attached to an aromatic ring is 1. The van der Waals surface area contributed by atoms with Crippen LogP contribution in [0.1, 0.15) is 6.92 Å². The van der Waals surface area contributed by atoms with Gasteiger partial charge in [0, 0.05) is 24.6 Å². The summed E-state index contributed by atoms with van der Waals surface area (Å²) in [6.45, 7) is 2.82. The SMILES string of the molecule is CCN(c1ccccc1)c1ncnc(-n2ccnc2)c1N. The summed E-state index contributed by atoms with van der Waals surface area (Å²) < 4.78 is 1.78. The van der Waals surface area contributed by atoms with E-state index >= 15 is 0 Å². The number of imidazole rings is 1. The molecule has 0 saturated heterocycles. The topological polar surface area (TPSA) is 72.9 Å². The number of anilines is 3. The Morgan fingerprint density at radius 3 is 2.67 bits per heavy atom. The second-order valence-electron chi connectivity index (χ2n) is 4.48. The molecule has 0 aliphatic carbocycles. The Bertz CT molecular complexity index is 708. The number of nitrogens with zero attached hydrogens (tertiary/aromatic N) is 5. The largest absolute Gasteiger partial charge is 0.393 e. The number of rotatable bonds is 4. The number of hydrogen-bond donors (Lipinski definition) is 1. The number of benzene rings is 1. The standard InChI is InChI=1S/C15H16N6/c1-2-21(12-6-4-3-5-7-12)15-13(16)14(18-10-19-15)20-9-8-17-11-20/h3-11H,2,16H2,1H3. The fourth-order valence-electron chi connectivity index (χ4n) is 2.25. The Balaban J connectivity index is 2.08. The van der Waals surface area contributed by atoms with Gasteiger partial charge in [-0.1, -0.05) is 18.2 Å². The minimum atomic E-state index is 0.529. The van der Waals surface area contributed by atoms with Gasteiger partial charge in [-0.2, -0.15) is 0 Å². The Hall–Kier alpha value is -2.89. The molecule has 0 atom stereocenters.